The summed E-state index contributed by atoms with van der Waals surface area (Å²) >= 11 is 0. The Morgan fingerprint density at radius 1 is 0.720 bits per heavy atom. The number of allylic oxidation sites excluding steroid dienone is 2. The molecular weight excluding hydrogens is 664 g/mol. The van der Waals surface area contributed by atoms with Crippen LogP contribution in [0.5, 0.6) is 0 Å². The van der Waals surface area contributed by atoms with Crippen molar-refractivity contribution in [2.75, 3.05) is 27.4 Å². The van der Waals surface area contributed by atoms with E-state index in [0.29, 0.717) is 22.8 Å². The summed E-state index contributed by atoms with van der Waals surface area (Å²) in [6.45, 7) is 5.74. The third-order valence-corrected chi connectivity index (χ3v) is 8.83. The van der Waals surface area contributed by atoms with Gasteiger partial charge in [-0.25, -0.2) is 36.7 Å². The van der Waals surface area contributed by atoms with Crippen molar-refractivity contribution < 1.29 is 55.7 Å². The zero-order valence-corrected chi connectivity index (χ0v) is 28.0. The van der Waals surface area contributed by atoms with Crippen molar-refractivity contribution in [3.05, 3.63) is 115 Å². The molecule has 2 N–H and O–H groups in total. The molecule has 10 nitrogen and oxygen atoms in total. The predicted molar refractivity (Wildman–Crippen MR) is 169 cm³/mol. The number of dihydropyridines is 2. The number of esters is 4. The topological polar surface area (TPSA) is 129 Å². The molecule has 4 aliphatic heterocycles. The van der Waals surface area contributed by atoms with Gasteiger partial charge in [0.15, 0.2) is 0 Å². The molecule has 0 saturated heterocycles. The normalized spacial score (nSPS) is 20.8. The van der Waals surface area contributed by atoms with Crippen LogP contribution in [-0.4, -0.2) is 51.3 Å². The van der Waals surface area contributed by atoms with Gasteiger partial charge in [0.1, 0.15) is 37.2 Å². The minimum absolute atomic E-state index is 0.0201. The molecule has 2 aromatic carbocycles. The molecule has 0 aliphatic carbocycles. The summed E-state index contributed by atoms with van der Waals surface area (Å²) in [5.74, 6) is -5.98. The Morgan fingerprint density at radius 3 is 1.40 bits per heavy atom. The molecule has 0 spiro atoms. The van der Waals surface area contributed by atoms with Crippen LogP contribution in [0.2, 0.25) is 0 Å². The highest BCUT2D eigenvalue weighted by atomic mass is 19.1. The number of cyclic esters (lactones) is 2. The van der Waals surface area contributed by atoms with Crippen molar-refractivity contribution >= 4 is 23.9 Å². The number of rotatable bonds is 6. The van der Waals surface area contributed by atoms with E-state index in [9.17, 15) is 36.7 Å². The van der Waals surface area contributed by atoms with Gasteiger partial charge < -0.3 is 29.6 Å². The second-order valence-corrected chi connectivity index (χ2v) is 11.8. The molecular formula is C36H34F4N2O8. The number of methoxy groups -OCH3 is 2. The highest BCUT2D eigenvalue weighted by Gasteiger charge is 2.44. The monoisotopic (exact) mass is 698 g/mol. The Balaban J connectivity index is 0.000000194. The third-order valence-electron chi connectivity index (χ3n) is 8.83. The summed E-state index contributed by atoms with van der Waals surface area (Å²) in [7, 11) is 2.42. The minimum atomic E-state index is -1.62. The fourth-order valence-electron chi connectivity index (χ4n) is 6.77. The van der Waals surface area contributed by atoms with Gasteiger partial charge in [0.05, 0.1) is 59.7 Å². The molecule has 50 heavy (non-hydrogen) atoms. The van der Waals surface area contributed by atoms with E-state index in [4.69, 9.17) is 18.9 Å². The van der Waals surface area contributed by atoms with Gasteiger partial charge in [0.2, 0.25) is 0 Å². The maximum Gasteiger partial charge on any atom is 0.337 e. The lowest BCUT2D eigenvalue weighted by Gasteiger charge is -2.29. The molecule has 264 valence electrons. The molecule has 4 atom stereocenters. The standard InChI is InChI=1S/2C18H17F2NO4/c2*1-8(19)13-10(5-4-6-11(13)20)15-14(17(22)24-3)9(2)21-12-7-25-18(23)16(12)15/h2*4-6,8,15,21H,7H2,1-3H3/t8-,15+;8-,15-/m10/s1. The molecule has 0 saturated carbocycles. The average Bonchev–Trinajstić information content (AvgIpc) is 3.63. The van der Waals surface area contributed by atoms with Gasteiger partial charge in [0, 0.05) is 22.5 Å². The fraction of sp³-hybridized carbons (Fsp3) is 0.333. The lowest BCUT2D eigenvalue weighted by atomic mass is 9.78. The van der Waals surface area contributed by atoms with E-state index in [1.807, 2.05) is 0 Å². The van der Waals surface area contributed by atoms with E-state index in [2.05, 4.69) is 10.6 Å². The summed E-state index contributed by atoms with van der Waals surface area (Å²) in [6, 6.07) is 8.15. The summed E-state index contributed by atoms with van der Waals surface area (Å²) < 4.78 is 76.6. The lowest BCUT2D eigenvalue weighted by Crippen LogP contribution is -2.30. The van der Waals surface area contributed by atoms with Crippen LogP contribution in [0.25, 0.3) is 0 Å². The van der Waals surface area contributed by atoms with Gasteiger partial charge in [-0.3, -0.25) is 0 Å². The molecule has 0 aromatic heterocycles. The van der Waals surface area contributed by atoms with Crippen LogP contribution in [0.15, 0.2) is 81.5 Å². The highest BCUT2D eigenvalue weighted by Crippen LogP contribution is 2.46. The van der Waals surface area contributed by atoms with Crippen molar-refractivity contribution in [1.29, 1.82) is 0 Å². The minimum Gasteiger partial charge on any atom is -0.466 e. The van der Waals surface area contributed by atoms with Crippen LogP contribution in [0.3, 0.4) is 0 Å². The van der Waals surface area contributed by atoms with E-state index in [1.165, 1.54) is 52.3 Å². The van der Waals surface area contributed by atoms with Gasteiger partial charge in [-0.05, 0) is 51.0 Å². The second-order valence-electron chi connectivity index (χ2n) is 11.8. The van der Waals surface area contributed by atoms with E-state index in [1.54, 1.807) is 13.8 Å². The number of benzene rings is 2. The average molecular weight is 699 g/mol. The van der Waals surface area contributed by atoms with Crippen LogP contribution in [-0.2, 0) is 38.1 Å². The molecule has 4 aliphatic rings. The quantitative estimate of drug-likeness (QED) is 0.224. The first-order chi connectivity index (χ1) is 23.7. The fourth-order valence-corrected chi connectivity index (χ4v) is 6.77. The lowest BCUT2D eigenvalue weighted by molar-refractivity contribution is -0.138. The van der Waals surface area contributed by atoms with Crippen molar-refractivity contribution in [2.24, 2.45) is 0 Å². The first kappa shape index (κ1) is 35.9. The van der Waals surface area contributed by atoms with Crippen molar-refractivity contribution in [3.63, 3.8) is 0 Å². The summed E-state index contributed by atoms with van der Waals surface area (Å²) in [5, 5.41) is 5.92. The number of carbonyl (C=O) groups excluding carboxylic acids is 4. The van der Waals surface area contributed by atoms with Crippen molar-refractivity contribution in [1.82, 2.24) is 10.6 Å². The van der Waals surface area contributed by atoms with Gasteiger partial charge in [-0.15, -0.1) is 0 Å². The summed E-state index contributed by atoms with van der Waals surface area (Å²) in [4.78, 5) is 49.2. The van der Waals surface area contributed by atoms with Crippen molar-refractivity contribution in [2.45, 2.75) is 51.9 Å². The molecule has 4 heterocycles. The van der Waals surface area contributed by atoms with Crippen LogP contribution in [0, 0.1) is 11.6 Å². The van der Waals surface area contributed by atoms with Gasteiger partial charge in [-0.1, -0.05) is 24.3 Å². The van der Waals surface area contributed by atoms with Crippen LogP contribution in [0.4, 0.5) is 17.6 Å². The molecule has 0 bridgehead atoms. The molecule has 0 radical (unpaired) electrons. The highest BCUT2D eigenvalue weighted by molar-refractivity contribution is 6.02. The van der Waals surface area contributed by atoms with Crippen LogP contribution in [0.1, 0.15) is 74.1 Å². The van der Waals surface area contributed by atoms with Gasteiger partial charge >= 0.3 is 23.9 Å². The predicted octanol–water partition coefficient (Wildman–Crippen LogP) is 5.60. The number of alkyl halides is 2. The smallest absolute Gasteiger partial charge is 0.337 e. The Labute approximate surface area is 284 Å². The molecule has 2 aromatic rings. The van der Waals surface area contributed by atoms with Crippen LogP contribution >= 0.6 is 0 Å². The maximum absolute atomic E-state index is 14.3. The number of carbonyl (C=O) groups is 4. The zero-order valence-electron chi connectivity index (χ0n) is 28.0. The number of hydrogen-bond acceptors (Lipinski definition) is 10. The van der Waals surface area contributed by atoms with E-state index < -0.39 is 59.7 Å². The number of nitrogens with one attached hydrogen (secondary N) is 2. The third kappa shape index (κ3) is 6.25. The Morgan fingerprint density at radius 2 is 1.08 bits per heavy atom. The number of ether oxygens (including phenoxy) is 4. The van der Waals surface area contributed by atoms with Crippen LogP contribution < -0.4 is 10.6 Å². The SMILES string of the molecule is COC(=O)C1=C(C)NC2=C(C(=O)OC2)[C@H]1c1cccc(F)c1[C@@H](C)F.COC(=O)C1=C(C)NC2=C(C(=O)OC2)[C@H]1c1cccc(F)c1[C@H](C)F. The largest absolute Gasteiger partial charge is 0.466 e. The maximum atomic E-state index is 14.3. The van der Waals surface area contributed by atoms with E-state index >= 15 is 0 Å². The molecule has 6 rings (SSSR count). The summed E-state index contributed by atoms with van der Waals surface area (Å²) in [6.07, 6.45) is -3.24. The second kappa shape index (κ2) is 14.2. The molecule has 0 fully saturated rings. The van der Waals surface area contributed by atoms with E-state index in [0.717, 1.165) is 12.1 Å². The Kier molecular flexibility index (Phi) is 10.2. The Bertz CT molecular complexity index is 1790. The first-order valence-corrected chi connectivity index (χ1v) is 15.5. The van der Waals surface area contributed by atoms with Gasteiger partial charge in [-0.2, -0.15) is 0 Å². The molecule has 0 amide bonds. The van der Waals surface area contributed by atoms with E-state index in [-0.39, 0.29) is 57.8 Å². The number of hydrogen-bond donors (Lipinski definition) is 2. The number of halogens is 4. The molecule has 14 heteroatoms. The molecule has 0 unspecified atom stereocenters. The Hall–Kier alpha value is -5.40. The summed E-state index contributed by atoms with van der Waals surface area (Å²) in [5.41, 5.74) is 2.56. The van der Waals surface area contributed by atoms with Crippen molar-refractivity contribution in [3.8, 4) is 0 Å². The first-order valence-electron chi connectivity index (χ1n) is 15.5. The van der Waals surface area contributed by atoms with Gasteiger partial charge in [0.25, 0.3) is 0 Å². The zero-order chi connectivity index (χ0) is 36.6.